The van der Waals surface area contributed by atoms with E-state index < -0.39 is 0 Å². The Hall–Kier alpha value is -2.21. The van der Waals surface area contributed by atoms with Gasteiger partial charge in [0.15, 0.2) is 11.7 Å². The summed E-state index contributed by atoms with van der Waals surface area (Å²) < 4.78 is 5.76. The number of hydrogen-bond acceptors (Lipinski definition) is 5. The quantitative estimate of drug-likeness (QED) is 0.288. The van der Waals surface area contributed by atoms with Gasteiger partial charge in [0.1, 0.15) is 0 Å². The number of rotatable bonds is 10. The summed E-state index contributed by atoms with van der Waals surface area (Å²) >= 11 is 1.48. The number of anilines is 1. The van der Waals surface area contributed by atoms with Gasteiger partial charge in [0.05, 0.1) is 11.1 Å². The number of benzene rings is 1. The Balaban J connectivity index is 1.25. The van der Waals surface area contributed by atoms with Gasteiger partial charge in [0.25, 0.3) is 5.91 Å². The number of hydrogen-bond donors (Lipinski definition) is 0. The van der Waals surface area contributed by atoms with Crippen LogP contribution >= 0.6 is 11.3 Å². The van der Waals surface area contributed by atoms with Gasteiger partial charge in [-0.15, -0.1) is 11.3 Å². The van der Waals surface area contributed by atoms with Crippen molar-refractivity contribution in [2.45, 2.75) is 71.1 Å². The van der Waals surface area contributed by atoms with E-state index in [4.69, 9.17) is 9.72 Å². The van der Waals surface area contributed by atoms with Crippen LogP contribution in [-0.4, -0.2) is 30.0 Å². The molecule has 5 nitrogen and oxygen atoms in total. The molecule has 0 atom stereocenters. The molecular weight excluding hydrogens is 444 g/mol. The molecule has 1 aromatic carbocycles. The predicted molar refractivity (Wildman–Crippen MR) is 136 cm³/mol. The van der Waals surface area contributed by atoms with Gasteiger partial charge in [-0.2, -0.15) is 0 Å². The van der Waals surface area contributed by atoms with Gasteiger partial charge in [-0.1, -0.05) is 56.5 Å². The average Bonchev–Trinajstić information content (AvgIpc) is 3.32. The van der Waals surface area contributed by atoms with Gasteiger partial charge in [-0.05, 0) is 62.7 Å². The van der Waals surface area contributed by atoms with Crippen LogP contribution < -0.4 is 4.90 Å². The molecule has 6 rings (SSSR count). The summed E-state index contributed by atoms with van der Waals surface area (Å²) in [7, 11) is 0. The van der Waals surface area contributed by atoms with Crippen molar-refractivity contribution in [3.8, 4) is 11.3 Å². The molecule has 4 saturated carbocycles. The van der Waals surface area contributed by atoms with Gasteiger partial charge in [-0.3, -0.25) is 14.5 Å². The summed E-state index contributed by atoms with van der Waals surface area (Å²) in [5.41, 5.74) is 1.58. The molecule has 1 heterocycles. The van der Waals surface area contributed by atoms with E-state index in [1.165, 1.54) is 30.6 Å². The zero-order valence-corrected chi connectivity index (χ0v) is 21.0. The Morgan fingerprint density at radius 3 is 2.35 bits per heavy atom. The van der Waals surface area contributed by atoms with Crippen LogP contribution in [0.15, 0.2) is 35.7 Å². The van der Waals surface area contributed by atoms with E-state index in [0.29, 0.717) is 29.4 Å². The summed E-state index contributed by atoms with van der Waals surface area (Å²) in [6.07, 6.45) is 11.0. The largest absolute Gasteiger partial charge is 0.455 e. The van der Waals surface area contributed by atoms with E-state index in [0.717, 1.165) is 56.2 Å². The van der Waals surface area contributed by atoms with Crippen LogP contribution in [0, 0.1) is 23.2 Å². The van der Waals surface area contributed by atoms with Crippen molar-refractivity contribution < 1.29 is 14.3 Å². The molecule has 6 heteroatoms. The lowest BCUT2D eigenvalue weighted by Gasteiger charge is -2.55. The summed E-state index contributed by atoms with van der Waals surface area (Å²) in [6.45, 7) is 2.60. The minimum Gasteiger partial charge on any atom is -0.455 e. The first-order valence-corrected chi connectivity index (χ1v) is 13.9. The smallest absolute Gasteiger partial charge is 0.312 e. The lowest BCUT2D eigenvalue weighted by Crippen LogP contribution is -2.51. The monoisotopic (exact) mass is 480 g/mol. The minimum atomic E-state index is -0.331. The first-order valence-electron chi connectivity index (χ1n) is 13.0. The lowest BCUT2D eigenvalue weighted by atomic mass is 9.49. The number of esters is 1. The maximum atomic E-state index is 13.3. The molecule has 4 aliphatic carbocycles. The van der Waals surface area contributed by atoms with Crippen LogP contribution in [-0.2, 0) is 14.3 Å². The van der Waals surface area contributed by atoms with Crippen molar-refractivity contribution in [3.63, 3.8) is 0 Å². The topological polar surface area (TPSA) is 59.5 Å². The lowest BCUT2D eigenvalue weighted by molar-refractivity contribution is -0.172. The van der Waals surface area contributed by atoms with Gasteiger partial charge >= 0.3 is 5.97 Å². The fourth-order valence-corrected chi connectivity index (χ4v) is 7.75. The number of ether oxygens (including phenoxy) is 1. The highest BCUT2D eigenvalue weighted by molar-refractivity contribution is 7.14. The Bertz CT molecular complexity index is 967. The minimum absolute atomic E-state index is 0.130. The van der Waals surface area contributed by atoms with Crippen LogP contribution in [0.3, 0.4) is 0 Å². The highest BCUT2D eigenvalue weighted by Crippen LogP contribution is 2.60. The maximum absolute atomic E-state index is 13.3. The van der Waals surface area contributed by atoms with E-state index in [1.807, 2.05) is 35.7 Å². The number of carbonyl (C=O) groups excluding carboxylic acids is 2. The van der Waals surface area contributed by atoms with Crippen LogP contribution in [0.1, 0.15) is 71.1 Å². The Morgan fingerprint density at radius 2 is 1.71 bits per heavy atom. The molecule has 0 saturated heterocycles. The Morgan fingerprint density at radius 1 is 1.03 bits per heavy atom. The van der Waals surface area contributed by atoms with E-state index in [1.54, 1.807) is 4.90 Å². The number of nitrogens with zero attached hydrogens (tertiary/aromatic N) is 2. The van der Waals surface area contributed by atoms with Crippen LogP contribution in [0.4, 0.5) is 5.13 Å². The van der Waals surface area contributed by atoms with Crippen molar-refractivity contribution >= 4 is 28.3 Å². The molecule has 1 amide bonds. The SMILES string of the molecule is CCCCCCN(C(=O)COC(=O)C12CC3CC(CC(C3)C1)C2)c1nc(-c2ccccc2)cs1. The molecule has 0 N–H and O–H groups in total. The van der Waals surface area contributed by atoms with E-state index in [-0.39, 0.29) is 23.9 Å². The second-order valence-electron chi connectivity index (χ2n) is 10.8. The molecule has 4 fully saturated rings. The third-order valence-electron chi connectivity index (χ3n) is 8.13. The number of carbonyl (C=O) groups is 2. The zero-order chi connectivity index (χ0) is 23.5. The van der Waals surface area contributed by atoms with Crippen molar-refractivity contribution in [1.82, 2.24) is 4.98 Å². The molecular formula is C28H36N2O3S. The molecule has 4 aliphatic rings. The summed E-state index contributed by atoms with van der Waals surface area (Å²) in [5.74, 6) is 1.74. The van der Waals surface area contributed by atoms with Gasteiger partial charge in [0.2, 0.25) is 0 Å². The Labute approximate surface area is 206 Å². The van der Waals surface area contributed by atoms with Gasteiger partial charge in [0, 0.05) is 17.5 Å². The molecule has 0 aliphatic heterocycles. The fourth-order valence-electron chi connectivity index (χ4n) is 6.87. The highest BCUT2D eigenvalue weighted by atomic mass is 32.1. The third kappa shape index (κ3) is 4.93. The molecule has 0 spiro atoms. The molecule has 182 valence electrons. The number of thiazole rings is 1. The molecule has 1 aromatic heterocycles. The highest BCUT2D eigenvalue weighted by Gasteiger charge is 2.55. The van der Waals surface area contributed by atoms with E-state index in [2.05, 4.69) is 6.92 Å². The van der Waals surface area contributed by atoms with Crippen molar-refractivity contribution in [3.05, 3.63) is 35.7 Å². The fraction of sp³-hybridized carbons (Fsp3) is 0.607. The third-order valence-corrected chi connectivity index (χ3v) is 8.99. The van der Waals surface area contributed by atoms with Gasteiger partial charge in [-0.25, -0.2) is 4.98 Å². The molecule has 0 unspecified atom stereocenters. The number of amides is 1. The molecule has 4 bridgehead atoms. The normalized spacial score (nSPS) is 27.0. The van der Waals surface area contributed by atoms with Crippen molar-refractivity contribution in [2.75, 3.05) is 18.1 Å². The van der Waals surface area contributed by atoms with Crippen LogP contribution in [0.5, 0.6) is 0 Å². The predicted octanol–water partition coefficient (Wildman–Crippen LogP) is 6.48. The van der Waals surface area contributed by atoms with Crippen molar-refractivity contribution in [1.29, 1.82) is 0 Å². The van der Waals surface area contributed by atoms with Gasteiger partial charge < -0.3 is 4.74 Å². The van der Waals surface area contributed by atoms with E-state index in [9.17, 15) is 9.59 Å². The van der Waals surface area contributed by atoms with Crippen molar-refractivity contribution in [2.24, 2.45) is 23.2 Å². The molecule has 34 heavy (non-hydrogen) atoms. The zero-order valence-electron chi connectivity index (χ0n) is 20.2. The average molecular weight is 481 g/mol. The summed E-state index contributed by atoms with van der Waals surface area (Å²) in [6, 6.07) is 10.0. The first kappa shape index (κ1) is 23.5. The molecule has 2 aromatic rings. The second kappa shape index (κ2) is 10.2. The second-order valence-corrected chi connectivity index (χ2v) is 11.6. The van der Waals surface area contributed by atoms with Crippen LogP contribution in [0.25, 0.3) is 11.3 Å². The van der Waals surface area contributed by atoms with E-state index >= 15 is 0 Å². The maximum Gasteiger partial charge on any atom is 0.312 e. The molecule has 0 radical (unpaired) electrons. The first-order chi connectivity index (χ1) is 16.6. The standard InChI is InChI=1S/C28H36N2O3S/c1-2-3-4-8-11-30(27-29-24(19-34-27)23-9-6-5-7-10-23)25(31)18-33-26(32)28-15-20-12-21(16-28)14-22(13-20)17-28/h5-7,9-10,19-22H,2-4,8,11-18H2,1H3. The van der Waals surface area contributed by atoms with Crippen LogP contribution in [0.2, 0.25) is 0 Å². The Kier molecular flexibility index (Phi) is 7.05. The summed E-state index contributed by atoms with van der Waals surface area (Å²) in [4.78, 5) is 33.0. The number of unbranched alkanes of at least 4 members (excludes halogenated alkanes) is 3. The summed E-state index contributed by atoms with van der Waals surface area (Å²) in [5, 5.41) is 2.68. The number of aromatic nitrogens is 1.